The second kappa shape index (κ2) is 3.94. The first-order valence-electron chi connectivity index (χ1n) is 4.41. The van der Waals surface area contributed by atoms with Gasteiger partial charge >= 0.3 is 0 Å². The van der Waals surface area contributed by atoms with Crippen LogP contribution in [0.4, 0.5) is 0 Å². The molecule has 0 saturated carbocycles. The standard InChI is InChI=1S/C9H15ClN2/c1-4-7(3)9-8(10)6-12(5-2)11-9/h6-7H,4-5H2,1-3H3. The van der Waals surface area contributed by atoms with Crippen molar-refractivity contribution < 1.29 is 0 Å². The number of halogens is 1. The molecule has 1 aromatic heterocycles. The molecule has 0 N–H and O–H groups in total. The summed E-state index contributed by atoms with van der Waals surface area (Å²) in [6, 6.07) is 0. The Hall–Kier alpha value is -0.500. The average Bonchev–Trinajstić information content (AvgIpc) is 2.45. The Kier molecular flexibility index (Phi) is 3.15. The first-order valence-corrected chi connectivity index (χ1v) is 4.79. The summed E-state index contributed by atoms with van der Waals surface area (Å²) in [5.41, 5.74) is 1.03. The van der Waals surface area contributed by atoms with E-state index >= 15 is 0 Å². The summed E-state index contributed by atoms with van der Waals surface area (Å²) in [5, 5.41) is 5.18. The van der Waals surface area contributed by atoms with Gasteiger partial charge in [0.2, 0.25) is 0 Å². The van der Waals surface area contributed by atoms with E-state index in [2.05, 4.69) is 25.9 Å². The summed E-state index contributed by atoms with van der Waals surface area (Å²) in [6.07, 6.45) is 2.98. The molecule has 0 aliphatic rings. The molecule has 1 unspecified atom stereocenters. The van der Waals surface area contributed by atoms with Crippen molar-refractivity contribution in [2.75, 3.05) is 0 Å². The SMILES string of the molecule is CCC(C)c1nn(CC)cc1Cl. The van der Waals surface area contributed by atoms with Crippen molar-refractivity contribution in [1.82, 2.24) is 9.78 Å². The highest BCUT2D eigenvalue weighted by atomic mass is 35.5. The maximum Gasteiger partial charge on any atom is 0.0838 e. The zero-order valence-electron chi connectivity index (χ0n) is 7.84. The normalized spacial score (nSPS) is 13.3. The van der Waals surface area contributed by atoms with Gasteiger partial charge in [0, 0.05) is 18.7 Å². The second-order valence-corrected chi connectivity index (χ2v) is 3.43. The Balaban J connectivity index is 2.91. The molecule has 1 aromatic rings. The molecule has 3 heteroatoms. The van der Waals surface area contributed by atoms with Crippen molar-refractivity contribution in [3.8, 4) is 0 Å². The molecule has 0 amide bonds. The van der Waals surface area contributed by atoms with Gasteiger partial charge < -0.3 is 0 Å². The lowest BCUT2D eigenvalue weighted by Crippen LogP contribution is -1.98. The quantitative estimate of drug-likeness (QED) is 0.710. The molecule has 2 nitrogen and oxygen atoms in total. The van der Waals surface area contributed by atoms with Gasteiger partial charge in [-0.15, -0.1) is 0 Å². The minimum atomic E-state index is 0.463. The number of rotatable bonds is 3. The highest BCUT2D eigenvalue weighted by Crippen LogP contribution is 2.24. The van der Waals surface area contributed by atoms with E-state index in [1.807, 2.05) is 10.9 Å². The molecule has 12 heavy (non-hydrogen) atoms. The molecule has 68 valence electrons. The van der Waals surface area contributed by atoms with Gasteiger partial charge in [0.15, 0.2) is 0 Å². The predicted molar refractivity (Wildman–Crippen MR) is 51.6 cm³/mol. The number of hydrogen-bond acceptors (Lipinski definition) is 1. The van der Waals surface area contributed by atoms with Crippen LogP contribution in [0.15, 0.2) is 6.20 Å². The maximum absolute atomic E-state index is 6.01. The van der Waals surface area contributed by atoms with Crippen LogP contribution in [0.3, 0.4) is 0 Å². The van der Waals surface area contributed by atoms with Crippen LogP contribution in [0.5, 0.6) is 0 Å². The lowest BCUT2D eigenvalue weighted by molar-refractivity contribution is 0.618. The van der Waals surface area contributed by atoms with Crippen LogP contribution in [-0.2, 0) is 6.54 Å². The molecular weight excluding hydrogens is 172 g/mol. The van der Waals surface area contributed by atoms with E-state index in [0.717, 1.165) is 23.7 Å². The zero-order valence-corrected chi connectivity index (χ0v) is 8.60. The smallest absolute Gasteiger partial charge is 0.0838 e. The highest BCUT2D eigenvalue weighted by molar-refractivity contribution is 6.31. The summed E-state index contributed by atoms with van der Waals surface area (Å²) in [4.78, 5) is 0. The van der Waals surface area contributed by atoms with Gasteiger partial charge in [0.1, 0.15) is 0 Å². The first-order chi connectivity index (χ1) is 5.69. The second-order valence-electron chi connectivity index (χ2n) is 3.03. The maximum atomic E-state index is 6.01. The fraction of sp³-hybridized carbons (Fsp3) is 0.667. The Morgan fingerprint density at radius 2 is 2.25 bits per heavy atom. The van der Waals surface area contributed by atoms with Gasteiger partial charge in [-0.3, -0.25) is 4.68 Å². The van der Waals surface area contributed by atoms with Gasteiger partial charge in [-0.2, -0.15) is 5.10 Å². The van der Waals surface area contributed by atoms with Crippen molar-refractivity contribution in [2.45, 2.75) is 39.7 Å². The molecule has 0 saturated heterocycles. The molecule has 0 aliphatic carbocycles. The van der Waals surface area contributed by atoms with E-state index in [9.17, 15) is 0 Å². The Morgan fingerprint density at radius 1 is 1.58 bits per heavy atom. The average molecular weight is 187 g/mol. The van der Waals surface area contributed by atoms with Crippen LogP contribution in [0.2, 0.25) is 5.02 Å². The number of aromatic nitrogens is 2. The Morgan fingerprint density at radius 3 is 2.67 bits per heavy atom. The lowest BCUT2D eigenvalue weighted by Gasteiger charge is -2.03. The van der Waals surface area contributed by atoms with Gasteiger partial charge in [-0.05, 0) is 13.3 Å². The molecule has 0 spiro atoms. The van der Waals surface area contributed by atoms with Crippen molar-refractivity contribution in [3.05, 3.63) is 16.9 Å². The molecular formula is C9H15ClN2. The lowest BCUT2D eigenvalue weighted by atomic mass is 10.1. The van der Waals surface area contributed by atoms with E-state index in [4.69, 9.17) is 11.6 Å². The summed E-state index contributed by atoms with van der Waals surface area (Å²) >= 11 is 6.01. The van der Waals surface area contributed by atoms with Crippen molar-refractivity contribution in [2.24, 2.45) is 0 Å². The topological polar surface area (TPSA) is 17.8 Å². The van der Waals surface area contributed by atoms with Crippen LogP contribution in [-0.4, -0.2) is 9.78 Å². The minimum absolute atomic E-state index is 0.463. The fourth-order valence-electron chi connectivity index (χ4n) is 1.10. The van der Waals surface area contributed by atoms with Crippen LogP contribution >= 0.6 is 11.6 Å². The van der Waals surface area contributed by atoms with Crippen LogP contribution in [0, 0.1) is 0 Å². The van der Waals surface area contributed by atoms with Gasteiger partial charge in [-0.1, -0.05) is 25.4 Å². The fourth-order valence-corrected chi connectivity index (χ4v) is 1.44. The largest absolute Gasteiger partial charge is 0.271 e. The van der Waals surface area contributed by atoms with E-state index in [-0.39, 0.29) is 0 Å². The third-order valence-electron chi connectivity index (χ3n) is 2.15. The van der Waals surface area contributed by atoms with E-state index < -0.39 is 0 Å². The number of aryl methyl sites for hydroxylation is 1. The third-order valence-corrected chi connectivity index (χ3v) is 2.44. The molecule has 0 aliphatic heterocycles. The molecule has 1 heterocycles. The number of hydrogen-bond donors (Lipinski definition) is 0. The summed E-state index contributed by atoms with van der Waals surface area (Å²) in [5.74, 6) is 0.463. The van der Waals surface area contributed by atoms with Gasteiger partial charge in [0.05, 0.1) is 10.7 Å². The Bertz CT molecular complexity index is 255. The number of nitrogens with zero attached hydrogens (tertiary/aromatic N) is 2. The van der Waals surface area contributed by atoms with Crippen molar-refractivity contribution >= 4 is 11.6 Å². The summed E-state index contributed by atoms with van der Waals surface area (Å²) in [7, 11) is 0. The summed E-state index contributed by atoms with van der Waals surface area (Å²) < 4.78 is 1.88. The van der Waals surface area contributed by atoms with E-state index in [1.54, 1.807) is 0 Å². The molecule has 0 fully saturated rings. The van der Waals surface area contributed by atoms with Crippen LogP contribution in [0.25, 0.3) is 0 Å². The molecule has 0 radical (unpaired) electrons. The van der Waals surface area contributed by atoms with E-state index in [1.165, 1.54) is 0 Å². The molecule has 0 aromatic carbocycles. The van der Waals surface area contributed by atoms with Crippen molar-refractivity contribution in [1.29, 1.82) is 0 Å². The van der Waals surface area contributed by atoms with Crippen molar-refractivity contribution in [3.63, 3.8) is 0 Å². The minimum Gasteiger partial charge on any atom is -0.271 e. The van der Waals surface area contributed by atoms with Gasteiger partial charge in [-0.25, -0.2) is 0 Å². The zero-order chi connectivity index (χ0) is 9.14. The molecule has 1 rings (SSSR count). The Labute approximate surface area is 78.5 Å². The molecule has 1 atom stereocenters. The van der Waals surface area contributed by atoms with Crippen LogP contribution in [0.1, 0.15) is 38.8 Å². The monoisotopic (exact) mass is 186 g/mol. The summed E-state index contributed by atoms with van der Waals surface area (Å²) in [6.45, 7) is 7.24. The predicted octanol–water partition coefficient (Wildman–Crippen LogP) is 3.07. The highest BCUT2D eigenvalue weighted by Gasteiger charge is 2.11. The molecule has 0 bridgehead atoms. The van der Waals surface area contributed by atoms with Gasteiger partial charge in [0.25, 0.3) is 0 Å². The van der Waals surface area contributed by atoms with E-state index in [0.29, 0.717) is 5.92 Å². The third kappa shape index (κ3) is 1.81. The first kappa shape index (κ1) is 9.59. The van der Waals surface area contributed by atoms with Crippen LogP contribution < -0.4 is 0 Å².